The number of amides is 2. The SMILES string of the molecule is O=C(N/C=C/c1ccc(Br)cc1)N1CCC(Cc2ccccc2)CC1. The Kier molecular flexibility index (Phi) is 6.29. The topological polar surface area (TPSA) is 32.3 Å². The molecule has 0 aromatic heterocycles. The van der Waals surface area contributed by atoms with Crippen LogP contribution in [-0.2, 0) is 6.42 Å². The highest BCUT2D eigenvalue weighted by atomic mass is 79.9. The third-order valence-electron chi connectivity index (χ3n) is 4.62. The van der Waals surface area contributed by atoms with Crippen LogP contribution in [0.1, 0.15) is 24.0 Å². The maximum absolute atomic E-state index is 12.3. The number of rotatable bonds is 4. The molecule has 4 heteroatoms. The summed E-state index contributed by atoms with van der Waals surface area (Å²) in [6.07, 6.45) is 6.88. The molecule has 3 rings (SSSR count). The molecule has 1 fully saturated rings. The second-order valence-electron chi connectivity index (χ2n) is 6.45. The molecule has 0 unspecified atom stereocenters. The summed E-state index contributed by atoms with van der Waals surface area (Å²) in [4.78, 5) is 14.2. The summed E-state index contributed by atoms with van der Waals surface area (Å²) in [6, 6.07) is 18.6. The molecule has 0 bridgehead atoms. The molecular weight excluding hydrogens is 376 g/mol. The lowest BCUT2D eigenvalue weighted by Gasteiger charge is -2.31. The molecule has 1 heterocycles. The fraction of sp³-hybridized carbons (Fsp3) is 0.286. The van der Waals surface area contributed by atoms with Crippen LogP contribution in [0.4, 0.5) is 4.79 Å². The largest absolute Gasteiger partial charge is 0.325 e. The molecule has 1 aliphatic heterocycles. The lowest BCUT2D eigenvalue weighted by molar-refractivity contribution is 0.173. The Morgan fingerprint density at radius 1 is 1.08 bits per heavy atom. The molecule has 130 valence electrons. The molecule has 1 saturated heterocycles. The number of nitrogens with zero attached hydrogens (tertiary/aromatic N) is 1. The van der Waals surface area contributed by atoms with Crippen molar-refractivity contribution in [3.05, 3.63) is 76.4 Å². The van der Waals surface area contributed by atoms with Gasteiger partial charge in [0.25, 0.3) is 0 Å². The van der Waals surface area contributed by atoms with E-state index in [4.69, 9.17) is 0 Å². The summed E-state index contributed by atoms with van der Waals surface area (Å²) in [6.45, 7) is 1.66. The highest BCUT2D eigenvalue weighted by molar-refractivity contribution is 9.10. The van der Waals surface area contributed by atoms with E-state index in [1.807, 2.05) is 35.2 Å². The summed E-state index contributed by atoms with van der Waals surface area (Å²) < 4.78 is 1.05. The number of benzene rings is 2. The number of likely N-dealkylation sites (tertiary alicyclic amines) is 1. The number of urea groups is 1. The van der Waals surface area contributed by atoms with Gasteiger partial charge in [0.2, 0.25) is 0 Å². The maximum atomic E-state index is 12.3. The van der Waals surface area contributed by atoms with Crippen LogP contribution >= 0.6 is 15.9 Å². The molecule has 2 aromatic carbocycles. The molecule has 0 saturated carbocycles. The predicted molar refractivity (Wildman–Crippen MR) is 106 cm³/mol. The predicted octanol–water partition coefficient (Wildman–Crippen LogP) is 5.08. The van der Waals surface area contributed by atoms with Gasteiger partial charge >= 0.3 is 6.03 Å². The quantitative estimate of drug-likeness (QED) is 0.764. The lowest BCUT2D eigenvalue weighted by atomic mass is 9.90. The van der Waals surface area contributed by atoms with Gasteiger partial charge in [0.15, 0.2) is 0 Å². The monoisotopic (exact) mass is 398 g/mol. The fourth-order valence-electron chi connectivity index (χ4n) is 3.16. The van der Waals surface area contributed by atoms with E-state index in [0.29, 0.717) is 5.92 Å². The second kappa shape index (κ2) is 8.86. The number of hydrogen-bond acceptors (Lipinski definition) is 1. The van der Waals surface area contributed by atoms with E-state index in [1.165, 1.54) is 5.56 Å². The second-order valence-corrected chi connectivity index (χ2v) is 7.37. The van der Waals surface area contributed by atoms with E-state index < -0.39 is 0 Å². The van der Waals surface area contributed by atoms with E-state index >= 15 is 0 Å². The molecule has 2 aromatic rings. The third kappa shape index (κ3) is 5.46. The van der Waals surface area contributed by atoms with Crippen molar-refractivity contribution in [3.63, 3.8) is 0 Å². The zero-order valence-electron chi connectivity index (χ0n) is 14.2. The number of halogens is 1. The average molecular weight is 399 g/mol. The molecule has 0 atom stereocenters. The van der Waals surface area contributed by atoms with E-state index in [9.17, 15) is 4.79 Å². The lowest BCUT2D eigenvalue weighted by Crippen LogP contribution is -2.43. The van der Waals surface area contributed by atoms with Crippen LogP contribution in [0.2, 0.25) is 0 Å². The number of nitrogens with one attached hydrogen (secondary N) is 1. The summed E-state index contributed by atoms with van der Waals surface area (Å²) in [5, 5.41) is 2.87. The minimum Gasteiger partial charge on any atom is -0.325 e. The van der Waals surface area contributed by atoms with E-state index in [-0.39, 0.29) is 6.03 Å². The van der Waals surface area contributed by atoms with Gasteiger partial charge in [-0.3, -0.25) is 0 Å². The van der Waals surface area contributed by atoms with E-state index in [1.54, 1.807) is 6.20 Å². The van der Waals surface area contributed by atoms with Crippen LogP contribution in [0.5, 0.6) is 0 Å². The summed E-state index contributed by atoms with van der Waals surface area (Å²) >= 11 is 3.41. The summed E-state index contributed by atoms with van der Waals surface area (Å²) in [5.41, 5.74) is 2.45. The molecule has 3 nitrogen and oxygen atoms in total. The number of carbonyl (C=O) groups excluding carboxylic acids is 1. The number of hydrogen-bond donors (Lipinski definition) is 1. The van der Waals surface area contributed by atoms with Gasteiger partial charge in [0, 0.05) is 23.8 Å². The van der Waals surface area contributed by atoms with Crippen LogP contribution in [-0.4, -0.2) is 24.0 Å². The molecule has 25 heavy (non-hydrogen) atoms. The van der Waals surface area contributed by atoms with Crippen molar-refractivity contribution >= 4 is 28.0 Å². The standard InChI is InChI=1S/C21H23BrN2O/c22-20-8-6-17(7-9-20)10-13-23-21(25)24-14-11-19(12-15-24)16-18-4-2-1-3-5-18/h1-10,13,19H,11-12,14-16H2,(H,23,25)/b13-10+. The van der Waals surface area contributed by atoms with Crippen molar-refractivity contribution in [2.45, 2.75) is 19.3 Å². The van der Waals surface area contributed by atoms with Gasteiger partial charge in [0.1, 0.15) is 0 Å². The molecule has 0 aliphatic carbocycles. The van der Waals surface area contributed by atoms with Crippen molar-refractivity contribution in [1.29, 1.82) is 0 Å². The van der Waals surface area contributed by atoms with Crippen LogP contribution < -0.4 is 5.32 Å². The Morgan fingerprint density at radius 2 is 1.76 bits per heavy atom. The summed E-state index contributed by atoms with van der Waals surface area (Å²) in [5.74, 6) is 0.671. The van der Waals surface area contributed by atoms with Gasteiger partial charge in [0.05, 0.1) is 0 Å². The van der Waals surface area contributed by atoms with Crippen LogP contribution in [0.25, 0.3) is 6.08 Å². The Bertz CT molecular complexity index is 704. The van der Waals surface area contributed by atoms with Crippen molar-refractivity contribution in [2.75, 3.05) is 13.1 Å². The van der Waals surface area contributed by atoms with Crippen molar-refractivity contribution in [2.24, 2.45) is 5.92 Å². The fourth-order valence-corrected chi connectivity index (χ4v) is 3.43. The van der Waals surface area contributed by atoms with Gasteiger partial charge in [-0.25, -0.2) is 4.79 Å². The van der Waals surface area contributed by atoms with Crippen molar-refractivity contribution in [1.82, 2.24) is 10.2 Å². The Morgan fingerprint density at radius 3 is 2.44 bits per heavy atom. The van der Waals surface area contributed by atoms with Gasteiger partial charge in [-0.15, -0.1) is 0 Å². The van der Waals surface area contributed by atoms with Crippen LogP contribution in [0, 0.1) is 5.92 Å². The van der Waals surface area contributed by atoms with Crippen molar-refractivity contribution in [3.8, 4) is 0 Å². The van der Waals surface area contributed by atoms with E-state index in [0.717, 1.165) is 42.4 Å². The summed E-state index contributed by atoms with van der Waals surface area (Å²) in [7, 11) is 0. The zero-order valence-corrected chi connectivity index (χ0v) is 15.8. The highest BCUT2D eigenvalue weighted by Gasteiger charge is 2.22. The Hall–Kier alpha value is -2.07. The van der Waals surface area contributed by atoms with E-state index in [2.05, 4.69) is 51.6 Å². The Balaban J connectivity index is 1.43. The first-order chi connectivity index (χ1) is 12.2. The minimum absolute atomic E-state index is 0.00785. The zero-order chi connectivity index (χ0) is 17.5. The number of piperidine rings is 1. The minimum atomic E-state index is -0.00785. The van der Waals surface area contributed by atoms with Gasteiger partial charge in [-0.1, -0.05) is 58.4 Å². The normalized spacial score (nSPS) is 15.5. The highest BCUT2D eigenvalue weighted by Crippen LogP contribution is 2.21. The van der Waals surface area contributed by atoms with Crippen LogP contribution in [0.3, 0.4) is 0 Å². The molecule has 0 radical (unpaired) electrons. The maximum Gasteiger partial charge on any atom is 0.321 e. The average Bonchev–Trinajstić information content (AvgIpc) is 2.65. The number of carbonyl (C=O) groups is 1. The smallest absolute Gasteiger partial charge is 0.321 e. The first kappa shape index (κ1) is 17.7. The van der Waals surface area contributed by atoms with Gasteiger partial charge in [-0.05, 0) is 54.5 Å². The van der Waals surface area contributed by atoms with Crippen LogP contribution in [0.15, 0.2) is 65.3 Å². The third-order valence-corrected chi connectivity index (χ3v) is 5.15. The first-order valence-electron chi connectivity index (χ1n) is 8.72. The van der Waals surface area contributed by atoms with Gasteiger partial charge < -0.3 is 10.2 Å². The van der Waals surface area contributed by atoms with Gasteiger partial charge in [-0.2, -0.15) is 0 Å². The molecule has 0 spiro atoms. The molecule has 2 amide bonds. The molecule has 1 N–H and O–H groups in total. The first-order valence-corrected chi connectivity index (χ1v) is 9.51. The molecule has 1 aliphatic rings. The molecular formula is C21H23BrN2O. The van der Waals surface area contributed by atoms with Crippen molar-refractivity contribution < 1.29 is 4.79 Å². The Labute approximate surface area is 157 Å².